The molecule has 6 nitrogen and oxygen atoms in total. The van der Waals surface area contributed by atoms with Crippen molar-refractivity contribution >= 4 is 17.4 Å². The van der Waals surface area contributed by atoms with Crippen LogP contribution in [-0.2, 0) is 0 Å². The van der Waals surface area contributed by atoms with Gasteiger partial charge >= 0.3 is 0 Å². The minimum Gasteiger partial charge on any atom is -0.409 e. The fraction of sp³-hybridized carbons (Fsp3) is 0.0714. The molecule has 20 heavy (non-hydrogen) atoms. The number of nitrogens with zero attached hydrogens (tertiary/aromatic N) is 2. The van der Waals surface area contributed by atoms with E-state index in [1.807, 2.05) is 6.92 Å². The Morgan fingerprint density at radius 2 is 1.95 bits per heavy atom. The number of nitrogens with two attached hydrogens (primary N) is 1. The number of carbonyl (C=O) groups excluding carboxylic acids is 1. The van der Waals surface area contributed by atoms with E-state index in [9.17, 15) is 4.79 Å². The summed E-state index contributed by atoms with van der Waals surface area (Å²) in [6.45, 7) is 1.82. The van der Waals surface area contributed by atoms with Crippen molar-refractivity contribution in [1.82, 2.24) is 4.98 Å². The van der Waals surface area contributed by atoms with E-state index in [1.54, 1.807) is 42.6 Å². The number of amidine groups is 1. The summed E-state index contributed by atoms with van der Waals surface area (Å²) in [7, 11) is 0. The van der Waals surface area contributed by atoms with Crippen molar-refractivity contribution in [1.29, 1.82) is 0 Å². The summed E-state index contributed by atoms with van der Waals surface area (Å²) < 4.78 is 0. The highest BCUT2D eigenvalue weighted by Crippen LogP contribution is 2.11. The number of pyridine rings is 1. The van der Waals surface area contributed by atoms with Crippen molar-refractivity contribution in [2.45, 2.75) is 6.92 Å². The van der Waals surface area contributed by atoms with E-state index < -0.39 is 0 Å². The van der Waals surface area contributed by atoms with Crippen LogP contribution in [-0.4, -0.2) is 21.9 Å². The molecule has 0 fully saturated rings. The molecular weight excluding hydrogens is 256 g/mol. The van der Waals surface area contributed by atoms with Gasteiger partial charge in [-0.15, -0.1) is 0 Å². The van der Waals surface area contributed by atoms with Gasteiger partial charge in [0.1, 0.15) is 0 Å². The second kappa shape index (κ2) is 5.83. The normalized spacial score (nSPS) is 11.2. The summed E-state index contributed by atoms with van der Waals surface area (Å²) in [6, 6.07) is 10.0. The van der Waals surface area contributed by atoms with Gasteiger partial charge in [-0.25, -0.2) is 0 Å². The van der Waals surface area contributed by atoms with Crippen LogP contribution in [0.4, 0.5) is 5.69 Å². The van der Waals surface area contributed by atoms with Crippen LogP contribution in [0.15, 0.2) is 47.8 Å². The predicted octanol–water partition coefficient (Wildman–Crippen LogP) is 1.74. The minimum absolute atomic E-state index is 0.0210. The Labute approximate surface area is 115 Å². The average molecular weight is 270 g/mol. The Hall–Kier alpha value is -2.89. The number of nitrogens with one attached hydrogen (secondary N) is 1. The van der Waals surface area contributed by atoms with Gasteiger partial charge in [0.2, 0.25) is 0 Å². The van der Waals surface area contributed by atoms with E-state index in [4.69, 9.17) is 10.9 Å². The van der Waals surface area contributed by atoms with Crippen LogP contribution in [0.5, 0.6) is 0 Å². The molecular formula is C14H14N4O2. The van der Waals surface area contributed by atoms with Gasteiger partial charge in [-0.1, -0.05) is 5.16 Å². The molecule has 102 valence electrons. The van der Waals surface area contributed by atoms with Gasteiger partial charge < -0.3 is 16.3 Å². The number of aryl methyl sites for hydroxylation is 1. The van der Waals surface area contributed by atoms with Crippen LogP contribution in [0.2, 0.25) is 0 Å². The average Bonchev–Trinajstić information content (AvgIpc) is 2.47. The maximum Gasteiger partial charge on any atom is 0.255 e. The van der Waals surface area contributed by atoms with Crippen LogP contribution in [0.25, 0.3) is 0 Å². The van der Waals surface area contributed by atoms with Crippen molar-refractivity contribution in [3.63, 3.8) is 0 Å². The number of hydrogen-bond donors (Lipinski definition) is 3. The fourth-order valence-corrected chi connectivity index (χ4v) is 1.67. The highest BCUT2D eigenvalue weighted by molar-refractivity contribution is 6.04. The van der Waals surface area contributed by atoms with Gasteiger partial charge in [0, 0.05) is 28.7 Å². The van der Waals surface area contributed by atoms with Crippen LogP contribution in [0.3, 0.4) is 0 Å². The lowest BCUT2D eigenvalue weighted by molar-refractivity contribution is 0.102. The predicted molar refractivity (Wildman–Crippen MR) is 75.9 cm³/mol. The lowest BCUT2D eigenvalue weighted by Gasteiger charge is -2.06. The maximum absolute atomic E-state index is 12.0. The van der Waals surface area contributed by atoms with Crippen molar-refractivity contribution in [2.24, 2.45) is 10.9 Å². The van der Waals surface area contributed by atoms with E-state index in [-0.39, 0.29) is 11.7 Å². The highest BCUT2D eigenvalue weighted by atomic mass is 16.4. The molecule has 0 saturated carbocycles. The first-order chi connectivity index (χ1) is 9.60. The molecule has 0 aliphatic heterocycles. The Morgan fingerprint density at radius 3 is 2.55 bits per heavy atom. The molecule has 4 N–H and O–H groups in total. The molecule has 0 bridgehead atoms. The van der Waals surface area contributed by atoms with Crippen LogP contribution >= 0.6 is 0 Å². The largest absolute Gasteiger partial charge is 0.409 e. The minimum atomic E-state index is -0.216. The van der Waals surface area contributed by atoms with Crippen molar-refractivity contribution in [3.05, 3.63) is 59.4 Å². The van der Waals surface area contributed by atoms with E-state index in [0.29, 0.717) is 16.8 Å². The number of oxime groups is 1. The van der Waals surface area contributed by atoms with E-state index >= 15 is 0 Å². The molecule has 1 heterocycles. The number of anilines is 1. The summed E-state index contributed by atoms with van der Waals surface area (Å²) in [5, 5.41) is 14.2. The van der Waals surface area contributed by atoms with Crippen molar-refractivity contribution in [3.8, 4) is 0 Å². The number of carbonyl (C=O) groups is 1. The van der Waals surface area contributed by atoms with Crippen molar-refractivity contribution < 1.29 is 10.0 Å². The third kappa shape index (κ3) is 3.11. The number of benzene rings is 1. The van der Waals surface area contributed by atoms with Gasteiger partial charge in [-0.3, -0.25) is 9.78 Å². The molecule has 0 unspecified atom stereocenters. The van der Waals surface area contributed by atoms with Gasteiger partial charge in [-0.2, -0.15) is 0 Å². The summed E-state index contributed by atoms with van der Waals surface area (Å²) in [5.74, 6) is -0.195. The molecule has 1 aromatic heterocycles. The smallest absolute Gasteiger partial charge is 0.255 e. The molecule has 2 aromatic rings. The summed E-state index contributed by atoms with van der Waals surface area (Å²) in [5.41, 5.74) is 7.97. The first-order valence-electron chi connectivity index (χ1n) is 5.92. The zero-order valence-electron chi connectivity index (χ0n) is 10.9. The van der Waals surface area contributed by atoms with Crippen LogP contribution in [0.1, 0.15) is 21.6 Å². The lowest BCUT2D eigenvalue weighted by atomic mass is 10.1. The molecule has 2 rings (SSSR count). The van der Waals surface area contributed by atoms with E-state index in [0.717, 1.165) is 5.69 Å². The summed E-state index contributed by atoms with van der Waals surface area (Å²) in [6.07, 6.45) is 1.59. The zero-order chi connectivity index (χ0) is 14.5. The molecule has 0 aliphatic carbocycles. The first kappa shape index (κ1) is 13.5. The highest BCUT2D eigenvalue weighted by Gasteiger charge is 2.07. The Bertz CT molecular complexity index is 650. The quantitative estimate of drug-likeness (QED) is 0.342. The van der Waals surface area contributed by atoms with Gasteiger partial charge in [0.15, 0.2) is 5.84 Å². The van der Waals surface area contributed by atoms with E-state index in [1.165, 1.54) is 0 Å². The van der Waals surface area contributed by atoms with E-state index in [2.05, 4.69) is 15.5 Å². The molecule has 6 heteroatoms. The third-order valence-corrected chi connectivity index (χ3v) is 2.71. The molecule has 1 aromatic carbocycles. The van der Waals surface area contributed by atoms with Gasteiger partial charge in [-0.05, 0) is 43.3 Å². The molecule has 0 atom stereocenters. The SMILES string of the molecule is Cc1cc(C(=O)Nc2ccc(/C(N)=N/O)cc2)ccn1. The van der Waals surface area contributed by atoms with Gasteiger partial charge in [0.25, 0.3) is 5.91 Å². The molecule has 1 amide bonds. The Morgan fingerprint density at radius 1 is 1.25 bits per heavy atom. The standard InChI is InChI=1S/C14H14N4O2/c1-9-8-11(6-7-16-9)14(19)17-12-4-2-10(3-5-12)13(15)18-20/h2-8,20H,1H3,(H2,15,18)(H,17,19). The number of rotatable bonds is 3. The maximum atomic E-state index is 12.0. The Kier molecular flexibility index (Phi) is 3.95. The number of hydrogen-bond acceptors (Lipinski definition) is 4. The first-order valence-corrected chi connectivity index (χ1v) is 5.92. The molecule has 0 saturated heterocycles. The second-order valence-corrected chi connectivity index (χ2v) is 4.20. The summed E-state index contributed by atoms with van der Waals surface area (Å²) >= 11 is 0. The summed E-state index contributed by atoms with van der Waals surface area (Å²) in [4.78, 5) is 16.1. The topological polar surface area (TPSA) is 101 Å². The molecule has 0 aliphatic rings. The monoisotopic (exact) mass is 270 g/mol. The number of amides is 1. The van der Waals surface area contributed by atoms with Crippen LogP contribution < -0.4 is 11.1 Å². The van der Waals surface area contributed by atoms with Crippen LogP contribution in [0, 0.1) is 6.92 Å². The second-order valence-electron chi connectivity index (χ2n) is 4.20. The Balaban J connectivity index is 2.12. The fourth-order valence-electron chi connectivity index (χ4n) is 1.67. The lowest BCUT2D eigenvalue weighted by Crippen LogP contribution is -2.14. The number of aromatic nitrogens is 1. The zero-order valence-corrected chi connectivity index (χ0v) is 10.9. The molecule has 0 radical (unpaired) electrons. The van der Waals surface area contributed by atoms with Gasteiger partial charge in [0.05, 0.1) is 0 Å². The molecule has 0 spiro atoms. The third-order valence-electron chi connectivity index (χ3n) is 2.71. The van der Waals surface area contributed by atoms with Crippen molar-refractivity contribution in [2.75, 3.05) is 5.32 Å².